The summed E-state index contributed by atoms with van der Waals surface area (Å²) < 4.78 is 32.3. The molecule has 1 aliphatic rings. The number of rotatable bonds is 6. The standard InChI is InChI=1S/C18H23ClN4O4S/c1-22-10-7-20-17(22)12-21-18(24)13-3-4-16(15(19)11-13)27-14-5-8-23(9-6-14)28(2,25)26/h3-4,7,10-11,14H,5-6,8-9,12H2,1-2H3,(H,21,24). The molecule has 3 rings (SSSR count). The number of carbonyl (C=O) groups is 1. The van der Waals surface area contributed by atoms with Crippen LogP contribution in [0.3, 0.4) is 0 Å². The summed E-state index contributed by atoms with van der Waals surface area (Å²) in [6, 6.07) is 4.89. The van der Waals surface area contributed by atoms with Gasteiger partial charge in [-0.3, -0.25) is 4.79 Å². The van der Waals surface area contributed by atoms with Crippen LogP contribution in [0.2, 0.25) is 5.02 Å². The van der Waals surface area contributed by atoms with Gasteiger partial charge in [0.2, 0.25) is 10.0 Å². The Bertz CT molecular complexity index is 952. The van der Waals surface area contributed by atoms with E-state index in [4.69, 9.17) is 16.3 Å². The second-order valence-corrected chi connectivity index (χ2v) is 9.15. The minimum absolute atomic E-state index is 0.112. The summed E-state index contributed by atoms with van der Waals surface area (Å²) in [5, 5.41) is 3.15. The predicted molar refractivity (Wildman–Crippen MR) is 106 cm³/mol. The topological polar surface area (TPSA) is 93.5 Å². The van der Waals surface area contributed by atoms with Crippen LogP contribution in [0.25, 0.3) is 0 Å². The highest BCUT2D eigenvalue weighted by molar-refractivity contribution is 7.88. The van der Waals surface area contributed by atoms with Gasteiger partial charge in [-0.15, -0.1) is 0 Å². The van der Waals surface area contributed by atoms with Gasteiger partial charge in [-0.1, -0.05) is 11.6 Å². The predicted octanol–water partition coefficient (Wildman–Crippen LogP) is 1.81. The summed E-state index contributed by atoms with van der Waals surface area (Å²) in [5.74, 6) is 0.984. The molecule has 1 aromatic heterocycles. The largest absolute Gasteiger partial charge is 0.489 e. The van der Waals surface area contributed by atoms with Crippen molar-refractivity contribution >= 4 is 27.5 Å². The van der Waals surface area contributed by atoms with Crippen LogP contribution in [0.5, 0.6) is 5.75 Å². The molecule has 0 bridgehead atoms. The van der Waals surface area contributed by atoms with E-state index in [1.807, 2.05) is 17.8 Å². The Morgan fingerprint density at radius 2 is 2.07 bits per heavy atom. The van der Waals surface area contributed by atoms with E-state index in [9.17, 15) is 13.2 Å². The minimum atomic E-state index is -3.17. The van der Waals surface area contributed by atoms with E-state index in [2.05, 4.69) is 10.3 Å². The second-order valence-electron chi connectivity index (χ2n) is 6.76. The lowest BCUT2D eigenvalue weighted by atomic mass is 10.1. The van der Waals surface area contributed by atoms with Crippen molar-refractivity contribution in [1.29, 1.82) is 0 Å². The number of imidazole rings is 1. The summed E-state index contributed by atoms with van der Waals surface area (Å²) in [4.78, 5) is 16.5. The Morgan fingerprint density at radius 3 is 2.64 bits per heavy atom. The summed E-state index contributed by atoms with van der Waals surface area (Å²) in [6.45, 7) is 1.17. The van der Waals surface area contributed by atoms with E-state index in [0.717, 1.165) is 5.82 Å². The number of nitrogens with zero attached hydrogens (tertiary/aromatic N) is 3. The number of halogens is 1. The first kappa shape index (κ1) is 20.6. The first-order chi connectivity index (χ1) is 13.2. The fourth-order valence-corrected chi connectivity index (χ4v) is 4.13. The monoisotopic (exact) mass is 426 g/mol. The molecular formula is C18H23ClN4O4S. The Morgan fingerprint density at radius 1 is 1.36 bits per heavy atom. The Labute approximate surface area is 169 Å². The lowest BCUT2D eigenvalue weighted by Gasteiger charge is -2.30. The summed E-state index contributed by atoms with van der Waals surface area (Å²) in [5.41, 5.74) is 0.429. The van der Waals surface area contributed by atoms with Crippen molar-refractivity contribution in [3.63, 3.8) is 0 Å². The van der Waals surface area contributed by atoms with Crippen molar-refractivity contribution in [3.05, 3.63) is 47.0 Å². The van der Waals surface area contributed by atoms with Crippen molar-refractivity contribution < 1.29 is 17.9 Å². The molecule has 1 fully saturated rings. The van der Waals surface area contributed by atoms with Gasteiger partial charge in [-0.05, 0) is 31.0 Å². The van der Waals surface area contributed by atoms with E-state index in [1.54, 1.807) is 24.4 Å². The van der Waals surface area contributed by atoms with E-state index in [0.29, 0.717) is 48.8 Å². The molecule has 0 spiro atoms. The fourth-order valence-electron chi connectivity index (χ4n) is 3.03. The van der Waals surface area contributed by atoms with Gasteiger partial charge in [0.25, 0.3) is 5.91 Å². The van der Waals surface area contributed by atoms with Crippen LogP contribution in [-0.4, -0.2) is 53.6 Å². The third-order valence-corrected chi connectivity index (χ3v) is 6.28. The van der Waals surface area contributed by atoms with Gasteiger partial charge >= 0.3 is 0 Å². The van der Waals surface area contributed by atoms with E-state index in [-0.39, 0.29) is 12.0 Å². The number of benzene rings is 1. The van der Waals surface area contributed by atoms with Crippen molar-refractivity contribution in [2.75, 3.05) is 19.3 Å². The zero-order valence-electron chi connectivity index (χ0n) is 15.8. The first-order valence-electron chi connectivity index (χ1n) is 8.90. The van der Waals surface area contributed by atoms with Crippen LogP contribution in [0.15, 0.2) is 30.6 Å². The van der Waals surface area contributed by atoms with E-state index < -0.39 is 10.0 Å². The zero-order valence-corrected chi connectivity index (χ0v) is 17.3. The number of carbonyl (C=O) groups excluding carboxylic acids is 1. The minimum Gasteiger partial charge on any atom is -0.489 e. The van der Waals surface area contributed by atoms with Crippen molar-refractivity contribution in [2.24, 2.45) is 7.05 Å². The smallest absolute Gasteiger partial charge is 0.251 e. The Hall–Kier alpha value is -2.10. The van der Waals surface area contributed by atoms with Crippen LogP contribution in [-0.2, 0) is 23.6 Å². The molecule has 10 heteroatoms. The lowest BCUT2D eigenvalue weighted by molar-refractivity contribution is 0.0949. The number of amides is 1. The maximum Gasteiger partial charge on any atom is 0.251 e. The summed E-state index contributed by atoms with van der Waals surface area (Å²) in [6.07, 6.45) is 5.77. The molecule has 0 unspecified atom stereocenters. The molecule has 0 saturated carbocycles. The Kier molecular flexibility index (Phi) is 6.26. The zero-order chi connectivity index (χ0) is 20.3. The average Bonchev–Trinajstić information content (AvgIpc) is 3.06. The van der Waals surface area contributed by atoms with Crippen molar-refractivity contribution in [2.45, 2.75) is 25.5 Å². The first-order valence-corrected chi connectivity index (χ1v) is 11.1. The highest BCUT2D eigenvalue weighted by atomic mass is 35.5. The summed E-state index contributed by atoms with van der Waals surface area (Å²) in [7, 11) is -1.31. The lowest BCUT2D eigenvalue weighted by Crippen LogP contribution is -2.41. The van der Waals surface area contributed by atoms with Crippen LogP contribution < -0.4 is 10.1 Å². The molecule has 8 nitrogen and oxygen atoms in total. The fraction of sp³-hybridized carbons (Fsp3) is 0.444. The molecule has 2 heterocycles. The molecule has 1 aromatic carbocycles. The summed E-state index contributed by atoms with van der Waals surface area (Å²) >= 11 is 6.29. The van der Waals surface area contributed by atoms with E-state index in [1.165, 1.54) is 10.6 Å². The van der Waals surface area contributed by atoms with Crippen LogP contribution >= 0.6 is 11.6 Å². The molecule has 1 aliphatic heterocycles. The highest BCUT2D eigenvalue weighted by Gasteiger charge is 2.26. The molecule has 0 aliphatic carbocycles. The number of ether oxygens (including phenoxy) is 1. The van der Waals surface area contributed by atoms with Crippen LogP contribution in [0.1, 0.15) is 29.0 Å². The van der Waals surface area contributed by atoms with Gasteiger partial charge in [-0.25, -0.2) is 17.7 Å². The highest BCUT2D eigenvalue weighted by Crippen LogP contribution is 2.28. The molecule has 152 valence electrons. The number of hydrogen-bond donors (Lipinski definition) is 1. The maximum atomic E-state index is 12.3. The van der Waals surface area contributed by atoms with Gasteiger partial charge in [0, 0.05) is 38.1 Å². The number of nitrogens with one attached hydrogen (secondary N) is 1. The average molecular weight is 427 g/mol. The van der Waals surface area contributed by atoms with Gasteiger partial charge in [0.05, 0.1) is 17.8 Å². The van der Waals surface area contributed by atoms with Gasteiger partial charge in [0.15, 0.2) is 0 Å². The maximum absolute atomic E-state index is 12.3. The number of hydrogen-bond acceptors (Lipinski definition) is 5. The number of aromatic nitrogens is 2. The number of sulfonamides is 1. The third kappa shape index (κ3) is 5.03. The quantitative estimate of drug-likeness (QED) is 0.760. The van der Waals surface area contributed by atoms with Gasteiger partial charge in [-0.2, -0.15) is 0 Å². The molecule has 0 atom stereocenters. The molecule has 1 saturated heterocycles. The SMILES string of the molecule is Cn1ccnc1CNC(=O)c1ccc(OC2CCN(S(C)(=O)=O)CC2)c(Cl)c1. The third-order valence-electron chi connectivity index (χ3n) is 4.69. The number of piperidine rings is 1. The molecule has 1 N–H and O–H groups in total. The van der Waals surface area contributed by atoms with Crippen molar-refractivity contribution in [1.82, 2.24) is 19.2 Å². The molecule has 28 heavy (non-hydrogen) atoms. The molecule has 2 aromatic rings. The molecular weight excluding hydrogens is 404 g/mol. The number of aryl methyl sites for hydroxylation is 1. The normalized spacial score (nSPS) is 16.1. The van der Waals surface area contributed by atoms with Gasteiger partial charge < -0.3 is 14.6 Å². The van der Waals surface area contributed by atoms with Crippen molar-refractivity contribution in [3.8, 4) is 5.75 Å². The second kappa shape index (κ2) is 8.50. The Balaban J connectivity index is 1.57. The van der Waals surface area contributed by atoms with Crippen LogP contribution in [0.4, 0.5) is 0 Å². The van der Waals surface area contributed by atoms with E-state index >= 15 is 0 Å². The van der Waals surface area contributed by atoms with Crippen LogP contribution in [0, 0.1) is 0 Å². The van der Waals surface area contributed by atoms with Gasteiger partial charge in [0.1, 0.15) is 17.7 Å². The molecule has 0 radical (unpaired) electrons. The molecule has 1 amide bonds.